The van der Waals surface area contributed by atoms with Crippen molar-refractivity contribution in [1.82, 2.24) is 5.32 Å². The van der Waals surface area contributed by atoms with Crippen LogP contribution in [0.1, 0.15) is 0 Å². The van der Waals surface area contributed by atoms with Gasteiger partial charge in [-0.2, -0.15) is 17.5 Å². The lowest BCUT2D eigenvalue weighted by Crippen LogP contribution is -2.62. The molecule has 4 nitrogen and oxygen atoms in total. The summed E-state index contributed by atoms with van der Waals surface area (Å²) in [5, 5.41) is 1.11. The number of carbonyl (C=O) groups is 2. The molecule has 2 amide bonds. The minimum Gasteiger partial charge on any atom is -0.379 e. The van der Waals surface area contributed by atoms with E-state index >= 15 is 0 Å². The van der Waals surface area contributed by atoms with Crippen LogP contribution in [0.2, 0.25) is 0 Å². The van der Waals surface area contributed by atoms with Crippen LogP contribution in [0.15, 0.2) is 0 Å². The summed E-state index contributed by atoms with van der Waals surface area (Å²) >= 11 is 0. The second-order valence-corrected chi connectivity index (χ2v) is 2.90. The van der Waals surface area contributed by atoms with Crippen LogP contribution >= 0.6 is 0 Å². The second-order valence-electron chi connectivity index (χ2n) is 2.90. The quantitative estimate of drug-likeness (QED) is 0.398. The van der Waals surface area contributed by atoms with Gasteiger partial charge in [-0.25, -0.2) is 0 Å². The Morgan fingerprint density at radius 2 is 1.47 bits per heavy atom. The largest absolute Gasteiger partial charge is 0.379 e. The van der Waals surface area contributed by atoms with E-state index in [9.17, 15) is 9.59 Å². The van der Waals surface area contributed by atoms with Crippen molar-refractivity contribution in [2.24, 2.45) is 5.73 Å². The number of nitrogens with one attached hydrogen (secondary N) is 1. The molecule has 0 saturated heterocycles. The smallest absolute Gasteiger partial charge is 0.349 e. The molecule has 0 spiro atoms. The molecule has 0 aromatic carbocycles. The average Bonchev–Trinajstić information content (AvgIpc) is 2.16. The van der Waals surface area contributed by atoms with Crippen LogP contribution in [0.3, 0.4) is 0 Å². The Kier molecular flexibility index (Phi) is 6.30. The number of hydrogen-bond acceptors (Lipinski definition) is 2. The summed E-state index contributed by atoms with van der Waals surface area (Å²) < 4.78 is 0. The van der Waals surface area contributed by atoms with E-state index in [0.29, 0.717) is 7.28 Å². The van der Waals surface area contributed by atoms with Gasteiger partial charge in [-0.05, 0) is 5.24 Å². The third kappa shape index (κ3) is 5.50. The fourth-order valence-electron chi connectivity index (χ4n) is 1.03. The van der Waals surface area contributed by atoms with Crippen molar-refractivity contribution in [3.05, 3.63) is 0 Å². The molecular weight excluding hydrogens is 211 g/mol. The minimum atomic E-state index is -1.26. The van der Waals surface area contributed by atoms with Gasteiger partial charge in [-0.15, -0.1) is 19.3 Å². The van der Waals surface area contributed by atoms with Gasteiger partial charge >= 0.3 is 7.28 Å². The van der Waals surface area contributed by atoms with E-state index in [0.717, 1.165) is 0 Å². The van der Waals surface area contributed by atoms with E-state index in [1.165, 1.54) is 21.8 Å². The standard InChI is InChI=1S/C9H6B4N2O2/c1-4-10-9(11-5-2,12-6-3)15-8(17)13-7(14)16/h1-3H,(H2,14,16)(H,15,17). The number of rotatable bonds is 6. The predicted molar refractivity (Wildman–Crippen MR) is 70.4 cm³/mol. The third-order valence-electron chi connectivity index (χ3n) is 1.58. The molecule has 0 aromatic rings. The molecule has 0 atom stereocenters. The van der Waals surface area contributed by atoms with Gasteiger partial charge in [-0.3, -0.25) is 9.59 Å². The monoisotopic (exact) mass is 218 g/mol. The zero-order valence-electron chi connectivity index (χ0n) is 8.94. The molecule has 0 aromatic heterocycles. The van der Waals surface area contributed by atoms with Crippen LogP contribution in [-0.4, -0.2) is 46.0 Å². The Balaban J connectivity index is 4.86. The molecule has 0 rings (SSSR count). The maximum absolute atomic E-state index is 11.4. The van der Waals surface area contributed by atoms with Gasteiger partial charge < -0.3 is 11.1 Å². The summed E-state index contributed by atoms with van der Waals surface area (Å²) in [6.45, 7) is 0. The van der Waals surface area contributed by atoms with Gasteiger partial charge in [0.2, 0.25) is 21.8 Å². The highest BCUT2D eigenvalue weighted by Gasteiger charge is 2.33. The molecule has 3 N–H and O–H groups in total. The molecule has 17 heavy (non-hydrogen) atoms. The van der Waals surface area contributed by atoms with Crippen molar-refractivity contribution >= 4 is 40.7 Å². The van der Waals surface area contributed by atoms with Gasteiger partial charge in [0.05, 0.1) is 0 Å². The van der Waals surface area contributed by atoms with E-state index in [2.05, 4.69) is 22.8 Å². The van der Waals surface area contributed by atoms with E-state index in [4.69, 9.17) is 25.0 Å². The molecular formula is C9H6B4N2O2. The first-order valence-corrected chi connectivity index (χ1v) is 4.37. The first kappa shape index (κ1) is 14.9. The summed E-state index contributed by atoms with van der Waals surface area (Å²) in [6, 6.07) is 0. The molecule has 0 heterocycles. The van der Waals surface area contributed by atoms with E-state index in [1.54, 1.807) is 0 Å². The van der Waals surface area contributed by atoms with Crippen molar-refractivity contribution in [3.8, 4) is 36.7 Å². The van der Waals surface area contributed by atoms with Gasteiger partial charge in [0.25, 0.3) is 0 Å². The molecule has 76 valence electrons. The molecule has 0 unspecified atom stereocenters. The molecule has 0 aliphatic carbocycles. The zero-order chi connectivity index (χ0) is 13.3. The van der Waals surface area contributed by atoms with Crippen molar-refractivity contribution < 1.29 is 9.59 Å². The van der Waals surface area contributed by atoms with Crippen LogP contribution in [0.4, 0.5) is 9.59 Å². The summed E-state index contributed by atoms with van der Waals surface area (Å²) in [6.07, 6.45) is 15.3. The van der Waals surface area contributed by atoms with E-state index < -0.39 is 16.9 Å². The van der Waals surface area contributed by atoms with Crippen LogP contribution in [0.25, 0.3) is 0 Å². The Morgan fingerprint density at radius 1 is 1.06 bits per heavy atom. The number of amides is 2. The maximum Gasteiger partial charge on any atom is 0.349 e. The molecule has 0 bridgehead atoms. The van der Waals surface area contributed by atoms with E-state index in [-0.39, 0.29) is 0 Å². The van der Waals surface area contributed by atoms with Gasteiger partial charge in [0, 0.05) is 0 Å². The van der Waals surface area contributed by atoms with Crippen LogP contribution in [0.5, 0.6) is 0 Å². The molecule has 0 fully saturated rings. The Hall–Kier alpha value is -2.12. The first-order valence-electron chi connectivity index (χ1n) is 4.37. The van der Waals surface area contributed by atoms with Crippen molar-refractivity contribution in [2.45, 2.75) is 5.24 Å². The van der Waals surface area contributed by atoms with Crippen molar-refractivity contribution in [3.63, 3.8) is 0 Å². The summed E-state index contributed by atoms with van der Waals surface area (Å²) in [5.74, 6) is 5.00. The Labute approximate surface area is 104 Å². The summed E-state index contributed by atoms with van der Waals surface area (Å²) in [5.41, 5.74) is 4.83. The fourth-order valence-corrected chi connectivity index (χ4v) is 1.03. The van der Waals surface area contributed by atoms with Gasteiger partial charge in [-0.1, -0.05) is 0 Å². The summed E-state index contributed by atoms with van der Waals surface area (Å²) in [4.78, 5) is 21.9. The van der Waals surface area contributed by atoms with Crippen LogP contribution in [-0.2, 0) is 0 Å². The van der Waals surface area contributed by atoms with Crippen molar-refractivity contribution in [2.75, 3.05) is 0 Å². The van der Waals surface area contributed by atoms with Gasteiger partial charge in [0.15, 0.2) is 11.6 Å². The number of hydrogen-bond donors (Lipinski definition) is 2. The minimum absolute atomic E-state index is 0.661. The van der Waals surface area contributed by atoms with Gasteiger partial charge in [0.1, 0.15) is 0 Å². The third-order valence-corrected chi connectivity index (χ3v) is 1.58. The highest BCUT2D eigenvalue weighted by Crippen LogP contribution is 1.98. The van der Waals surface area contributed by atoms with Crippen LogP contribution < -0.4 is 11.1 Å². The fraction of sp³-hybridized carbons (Fsp3) is 0.111. The molecule has 4 radical (unpaired) electrons. The molecule has 0 aliphatic rings. The Bertz CT molecular complexity index is 389. The highest BCUT2D eigenvalue weighted by molar-refractivity contribution is 6.98. The number of primary amides is 1. The number of carbonyl (C=O) groups excluding carboxylic acids is 2. The lowest BCUT2D eigenvalue weighted by molar-refractivity contribution is 0.257. The molecule has 0 aliphatic heterocycles. The lowest BCUT2D eigenvalue weighted by atomic mass is 9.25. The predicted octanol–water partition coefficient (Wildman–Crippen LogP) is -2.03. The number of terminal acetylenes is 3. The topological polar surface area (TPSA) is 72.2 Å². The molecule has 8 heteroatoms. The van der Waals surface area contributed by atoms with Crippen LogP contribution in [0, 0.1) is 36.7 Å². The lowest BCUT2D eigenvalue weighted by Gasteiger charge is -2.27. The second kappa shape index (κ2) is 7.20. The SMILES string of the molecule is C#C[B]C([B]C#C)([B]C#C)NC(=O)[B]C(N)=O. The normalized spacial score (nSPS) is 8.53. The van der Waals surface area contributed by atoms with E-state index in [1.807, 2.05) is 0 Å². The zero-order valence-corrected chi connectivity index (χ0v) is 8.94. The number of nitrogens with two attached hydrogens (primary N) is 1. The average molecular weight is 217 g/mol. The Morgan fingerprint density at radius 3 is 1.76 bits per heavy atom. The summed E-state index contributed by atoms with van der Waals surface area (Å²) in [7, 11) is 4.41. The molecule has 0 saturated carbocycles. The maximum atomic E-state index is 11.4. The highest BCUT2D eigenvalue weighted by atomic mass is 16.2. The van der Waals surface area contributed by atoms with Crippen molar-refractivity contribution in [1.29, 1.82) is 0 Å². The first-order chi connectivity index (χ1) is 7.99.